The summed E-state index contributed by atoms with van der Waals surface area (Å²) in [6.07, 6.45) is 0.532. The summed E-state index contributed by atoms with van der Waals surface area (Å²) < 4.78 is 13.8. The summed E-state index contributed by atoms with van der Waals surface area (Å²) in [5.41, 5.74) is 3.04. The summed E-state index contributed by atoms with van der Waals surface area (Å²) in [5.74, 6) is -1.76. The number of halogens is 1. The first-order valence-electron chi connectivity index (χ1n) is 9.98. The topological polar surface area (TPSA) is 98.7 Å². The van der Waals surface area contributed by atoms with E-state index in [9.17, 15) is 18.8 Å². The van der Waals surface area contributed by atoms with Crippen molar-refractivity contribution in [3.8, 4) is 0 Å². The lowest BCUT2D eigenvalue weighted by atomic mass is 9.97. The minimum absolute atomic E-state index is 0.0838. The second-order valence-electron chi connectivity index (χ2n) is 7.36. The van der Waals surface area contributed by atoms with Crippen molar-refractivity contribution in [2.24, 2.45) is 0 Å². The molecule has 8 heteroatoms. The van der Waals surface area contributed by atoms with Crippen molar-refractivity contribution >= 4 is 29.3 Å². The summed E-state index contributed by atoms with van der Waals surface area (Å²) in [5, 5.41) is 14.3. The SMILES string of the molecule is O=C(Nc1ccccc1F)Nc1cccc2c1CCN(C(=O)c1ccc(C(=O)O)cc1)C2. The second kappa shape index (κ2) is 8.89. The Kier molecular flexibility index (Phi) is 5.85. The Balaban J connectivity index is 1.46. The molecule has 0 atom stereocenters. The molecule has 1 heterocycles. The molecule has 3 amide bonds. The lowest BCUT2D eigenvalue weighted by Crippen LogP contribution is -2.36. The number of hydrogen-bond donors (Lipinski definition) is 3. The van der Waals surface area contributed by atoms with E-state index in [1.807, 2.05) is 6.07 Å². The second-order valence-corrected chi connectivity index (χ2v) is 7.36. The number of aromatic carboxylic acids is 1. The molecule has 0 saturated carbocycles. The van der Waals surface area contributed by atoms with Gasteiger partial charge in [-0.1, -0.05) is 24.3 Å². The maximum absolute atomic E-state index is 13.8. The third kappa shape index (κ3) is 4.44. The third-order valence-electron chi connectivity index (χ3n) is 5.30. The van der Waals surface area contributed by atoms with Gasteiger partial charge in [-0.15, -0.1) is 0 Å². The number of urea groups is 1. The van der Waals surface area contributed by atoms with Crippen molar-refractivity contribution in [2.75, 3.05) is 17.2 Å². The maximum Gasteiger partial charge on any atom is 0.335 e. The molecule has 0 aromatic heterocycles. The molecule has 7 nitrogen and oxygen atoms in total. The number of hydrogen-bond acceptors (Lipinski definition) is 3. The van der Waals surface area contributed by atoms with Gasteiger partial charge in [0.2, 0.25) is 0 Å². The van der Waals surface area contributed by atoms with E-state index in [1.165, 1.54) is 36.4 Å². The first kappa shape index (κ1) is 21.0. The van der Waals surface area contributed by atoms with Gasteiger partial charge in [-0.2, -0.15) is 0 Å². The first-order valence-corrected chi connectivity index (χ1v) is 9.98. The maximum atomic E-state index is 13.8. The average molecular weight is 433 g/mol. The zero-order valence-corrected chi connectivity index (χ0v) is 17.0. The van der Waals surface area contributed by atoms with Crippen molar-refractivity contribution in [3.63, 3.8) is 0 Å². The predicted molar refractivity (Wildman–Crippen MR) is 117 cm³/mol. The van der Waals surface area contributed by atoms with Gasteiger partial charge in [-0.05, 0) is 60.0 Å². The monoisotopic (exact) mass is 433 g/mol. The molecular weight excluding hydrogens is 413 g/mol. The minimum Gasteiger partial charge on any atom is -0.478 e. The largest absolute Gasteiger partial charge is 0.478 e. The summed E-state index contributed by atoms with van der Waals surface area (Å²) in [4.78, 5) is 37.9. The van der Waals surface area contributed by atoms with Gasteiger partial charge in [0.25, 0.3) is 5.91 Å². The molecule has 0 fully saturated rings. The predicted octanol–water partition coefficient (Wildman–Crippen LogP) is 4.37. The molecule has 0 bridgehead atoms. The van der Waals surface area contributed by atoms with E-state index >= 15 is 0 Å². The van der Waals surface area contributed by atoms with Crippen molar-refractivity contribution in [1.82, 2.24) is 4.90 Å². The van der Waals surface area contributed by atoms with Crippen LogP contribution in [0.3, 0.4) is 0 Å². The highest BCUT2D eigenvalue weighted by Crippen LogP contribution is 2.27. The highest BCUT2D eigenvalue weighted by molar-refractivity contribution is 6.00. The number of nitrogens with zero attached hydrogens (tertiary/aromatic N) is 1. The fraction of sp³-hybridized carbons (Fsp3) is 0.125. The molecule has 0 radical (unpaired) electrons. The molecule has 32 heavy (non-hydrogen) atoms. The fourth-order valence-electron chi connectivity index (χ4n) is 3.68. The van der Waals surface area contributed by atoms with E-state index in [2.05, 4.69) is 10.6 Å². The standard InChI is InChI=1S/C24H20FN3O4/c25-19-5-1-2-6-21(19)27-24(32)26-20-7-3-4-17-14-28(13-12-18(17)20)22(29)15-8-10-16(11-9-15)23(30)31/h1-11H,12-14H2,(H,30,31)(H2,26,27,32). The molecule has 1 aliphatic heterocycles. The van der Waals surface area contributed by atoms with E-state index in [0.29, 0.717) is 30.8 Å². The van der Waals surface area contributed by atoms with Crippen LogP contribution < -0.4 is 10.6 Å². The number of fused-ring (bicyclic) bond motifs is 1. The van der Waals surface area contributed by atoms with Crippen LogP contribution in [0.5, 0.6) is 0 Å². The Bertz CT molecular complexity index is 1190. The molecule has 0 unspecified atom stereocenters. The minimum atomic E-state index is -1.05. The van der Waals surface area contributed by atoms with Crippen LogP contribution in [0.15, 0.2) is 66.7 Å². The van der Waals surface area contributed by atoms with Gasteiger partial charge in [-0.3, -0.25) is 4.79 Å². The van der Waals surface area contributed by atoms with E-state index in [4.69, 9.17) is 5.11 Å². The number of amides is 3. The van der Waals surface area contributed by atoms with Crippen LogP contribution in [-0.4, -0.2) is 34.5 Å². The van der Waals surface area contributed by atoms with Crippen LogP contribution in [0.25, 0.3) is 0 Å². The zero-order chi connectivity index (χ0) is 22.7. The smallest absolute Gasteiger partial charge is 0.335 e. The molecule has 0 spiro atoms. The summed E-state index contributed by atoms with van der Waals surface area (Å²) in [6.45, 7) is 0.805. The zero-order valence-electron chi connectivity index (χ0n) is 17.0. The third-order valence-corrected chi connectivity index (χ3v) is 5.30. The number of nitrogens with one attached hydrogen (secondary N) is 2. The van der Waals surface area contributed by atoms with Gasteiger partial charge in [0, 0.05) is 24.3 Å². The number of para-hydroxylation sites is 1. The number of carboxylic acid groups (broad SMARTS) is 1. The molecule has 162 valence electrons. The number of rotatable bonds is 4. The van der Waals surface area contributed by atoms with Crippen LogP contribution in [0.2, 0.25) is 0 Å². The number of benzene rings is 3. The summed E-state index contributed by atoms with van der Waals surface area (Å²) >= 11 is 0. The summed E-state index contributed by atoms with van der Waals surface area (Å²) in [7, 11) is 0. The van der Waals surface area contributed by atoms with E-state index in [0.717, 1.165) is 11.1 Å². The Morgan fingerprint density at radius 1 is 0.844 bits per heavy atom. The molecule has 0 aliphatic carbocycles. The van der Waals surface area contributed by atoms with Gasteiger partial charge in [0.05, 0.1) is 11.3 Å². The molecule has 3 aromatic rings. The molecule has 1 aliphatic rings. The molecule has 3 aromatic carbocycles. The Morgan fingerprint density at radius 3 is 2.22 bits per heavy atom. The molecule has 3 N–H and O–H groups in total. The lowest BCUT2D eigenvalue weighted by molar-refractivity contribution is 0.0692. The Hall–Kier alpha value is -4.20. The van der Waals surface area contributed by atoms with Crippen LogP contribution in [0.4, 0.5) is 20.6 Å². The van der Waals surface area contributed by atoms with Crippen LogP contribution >= 0.6 is 0 Å². The Morgan fingerprint density at radius 2 is 1.50 bits per heavy atom. The van der Waals surface area contributed by atoms with Crippen LogP contribution in [0, 0.1) is 5.82 Å². The van der Waals surface area contributed by atoms with Gasteiger partial charge < -0.3 is 20.6 Å². The highest BCUT2D eigenvalue weighted by atomic mass is 19.1. The number of carboxylic acids is 1. The van der Waals surface area contributed by atoms with Crippen molar-refractivity contribution in [1.29, 1.82) is 0 Å². The summed E-state index contributed by atoms with van der Waals surface area (Å²) in [6, 6.07) is 16.6. The van der Waals surface area contributed by atoms with Gasteiger partial charge >= 0.3 is 12.0 Å². The fourth-order valence-corrected chi connectivity index (χ4v) is 3.68. The number of carbonyl (C=O) groups excluding carboxylic acids is 2. The lowest BCUT2D eigenvalue weighted by Gasteiger charge is -2.30. The number of anilines is 2. The van der Waals surface area contributed by atoms with Gasteiger partial charge in [0.1, 0.15) is 5.82 Å². The van der Waals surface area contributed by atoms with Gasteiger partial charge in [0.15, 0.2) is 0 Å². The van der Waals surface area contributed by atoms with Crippen molar-refractivity contribution in [2.45, 2.75) is 13.0 Å². The quantitative estimate of drug-likeness (QED) is 0.569. The molecule has 0 saturated heterocycles. The van der Waals surface area contributed by atoms with Gasteiger partial charge in [-0.25, -0.2) is 14.0 Å². The van der Waals surface area contributed by atoms with Crippen LogP contribution in [0.1, 0.15) is 31.8 Å². The van der Waals surface area contributed by atoms with E-state index < -0.39 is 17.8 Å². The highest BCUT2D eigenvalue weighted by Gasteiger charge is 2.24. The van der Waals surface area contributed by atoms with Crippen LogP contribution in [-0.2, 0) is 13.0 Å². The number of carbonyl (C=O) groups is 3. The van der Waals surface area contributed by atoms with Crippen molar-refractivity contribution in [3.05, 3.63) is 94.8 Å². The normalized spacial score (nSPS) is 12.6. The van der Waals surface area contributed by atoms with Crippen molar-refractivity contribution < 1.29 is 23.9 Å². The first-order chi connectivity index (χ1) is 15.4. The molecule has 4 rings (SSSR count). The van der Waals surface area contributed by atoms with E-state index in [-0.39, 0.29) is 17.2 Å². The average Bonchev–Trinajstić information content (AvgIpc) is 2.80. The molecular formula is C24H20FN3O4. The van der Waals surface area contributed by atoms with E-state index in [1.54, 1.807) is 29.2 Å². The Labute approximate surface area is 183 Å².